The third-order valence-electron chi connectivity index (χ3n) is 3.45. The Morgan fingerprint density at radius 2 is 1.52 bits per heavy atom. The third-order valence-corrected chi connectivity index (χ3v) is 4.62. The molecule has 0 radical (unpaired) electrons. The Bertz CT molecular complexity index is 803. The van der Waals surface area contributed by atoms with E-state index in [1.807, 2.05) is 31.2 Å². The lowest BCUT2D eigenvalue weighted by molar-refractivity contribution is 0.619. The standard InChI is InChI=1S/C18H14F2S/c1-11-3-6-14(16(20)9-11)18-8-7-17(21-18)13-5-4-12(2)15(19)10-13/h3-10H,1-2H3. The molecule has 0 aliphatic carbocycles. The van der Waals surface area contributed by atoms with Crippen molar-refractivity contribution in [3.05, 3.63) is 71.3 Å². The molecule has 106 valence electrons. The van der Waals surface area contributed by atoms with Crippen LogP contribution in [0, 0.1) is 25.5 Å². The summed E-state index contributed by atoms with van der Waals surface area (Å²) in [5.41, 5.74) is 2.93. The van der Waals surface area contributed by atoms with Crippen molar-refractivity contribution in [2.75, 3.05) is 0 Å². The zero-order chi connectivity index (χ0) is 15.0. The Kier molecular flexibility index (Phi) is 3.60. The van der Waals surface area contributed by atoms with E-state index in [1.165, 1.54) is 23.5 Å². The summed E-state index contributed by atoms with van der Waals surface area (Å²) in [5, 5.41) is 0. The summed E-state index contributed by atoms with van der Waals surface area (Å²) < 4.78 is 27.7. The number of thiophene rings is 1. The van der Waals surface area contributed by atoms with Gasteiger partial charge in [0.1, 0.15) is 11.6 Å². The first kappa shape index (κ1) is 14.0. The molecule has 0 unspecified atom stereocenters. The lowest BCUT2D eigenvalue weighted by atomic mass is 10.1. The summed E-state index contributed by atoms with van der Waals surface area (Å²) in [6.07, 6.45) is 0. The second-order valence-corrected chi connectivity index (χ2v) is 6.19. The fraction of sp³-hybridized carbons (Fsp3) is 0.111. The average Bonchev–Trinajstić information content (AvgIpc) is 2.91. The molecule has 2 aromatic carbocycles. The Morgan fingerprint density at radius 1 is 0.762 bits per heavy atom. The molecule has 0 fully saturated rings. The maximum atomic E-state index is 14.0. The predicted molar refractivity (Wildman–Crippen MR) is 84.6 cm³/mol. The quantitative estimate of drug-likeness (QED) is 0.546. The summed E-state index contributed by atoms with van der Waals surface area (Å²) >= 11 is 1.47. The van der Waals surface area contributed by atoms with Gasteiger partial charge in [-0.25, -0.2) is 8.78 Å². The van der Waals surface area contributed by atoms with Crippen LogP contribution in [0.1, 0.15) is 11.1 Å². The lowest BCUT2D eigenvalue weighted by Crippen LogP contribution is -1.82. The molecule has 0 spiro atoms. The normalized spacial score (nSPS) is 10.9. The van der Waals surface area contributed by atoms with Gasteiger partial charge in [0.2, 0.25) is 0 Å². The Hall–Kier alpha value is -2.00. The molecule has 0 N–H and O–H groups in total. The maximum Gasteiger partial charge on any atom is 0.132 e. The van der Waals surface area contributed by atoms with E-state index in [0.29, 0.717) is 11.1 Å². The van der Waals surface area contributed by atoms with Gasteiger partial charge in [0.15, 0.2) is 0 Å². The van der Waals surface area contributed by atoms with E-state index < -0.39 is 0 Å². The Balaban J connectivity index is 2.01. The molecule has 0 saturated heterocycles. The third kappa shape index (κ3) is 2.74. The van der Waals surface area contributed by atoms with Gasteiger partial charge in [-0.05, 0) is 54.8 Å². The van der Waals surface area contributed by atoms with Crippen LogP contribution >= 0.6 is 11.3 Å². The van der Waals surface area contributed by atoms with Crippen molar-refractivity contribution < 1.29 is 8.78 Å². The molecule has 3 aromatic rings. The van der Waals surface area contributed by atoms with E-state index in [9.17, 15) is 8.78 Å². The highest BCUT2D eigenvalue weighted by molar-refractivity contribution is 7.18. The van der Waals surface area contributed by atoms with E-state index in [1.54, 1.807) is 19.1 Å². The monoisotopic (exact) mass is 300 g/mol. The molecule has 0 saturated carbocycles. The van der Waals surface area contributed by atoms with Crippen molar-refractivity contribution in [2.24, 2.45) is 0 Å². The van der Waals surface area contributed by atoms with Gasteiger partial charge in [0.05, 0.1) is 0 Å². The van der Waals surface area contributed by atoms with Crippen LogP contribution < -0.4 is 0 Å². The first-order valence-corrected chi connectivity index (χ1v) is 7.49. The summed E-state index contributed by atoms with van der Waals surface area (Å²) in [7, 11) is 0. The fourth-order valence-electron chi connectivity index (χ4n) is 2.20. The highest BCUT2D eigenvalue weighted by Gasteiger charge is 2.10. The van der Waals surface area contributed by atoms with Crippen LogP contribution in [0.2, 0.25) is 0 Å². The minimum absolute atomic E-state index is 0.219. The number of rotatable bonds is 2. The summed E-state index contributed by atoms with van der Waals surface area (Å²) in [6.45, 7) is 3.60. The zero-order valence-electron chi connectivity index (χ0n) is 11.8. The van der Waals surface area contributed by atoms with Gasteiger partial charge in [-0.1, -0.05) is 24.3 Å². The summed E-state index contributed by atoms with van der Waals surface area (Å²) in [5.74, 6) is -0.442. The second-order valence-electron chi connectivity index (χ2n) is 5.11. The average molecular weight is 300 g/mol. The Morgan fingerprint density at radius 3 is 2.24 bits per heavy atom. The topological polar surface area (TPSA) is 0 Å². The van der Waals surface area contributed by atoms with Crippen molar-refractivity contribution in [2.45, 2.75) is 13.8 Å². The van der Waals surface area contributed by atoms with Crippen LogP contribution in [0.15, 0.2) is 48.5 Å². The van der Waals surface area contributed by atoms with E-state index in [0.717, 1.165) is 20.9 Å². The molecule has 0 atom stereocenters. The van der Waals surface area contributed by atoms with Crippen LogP contribution in [0.25, 0.3) is 20.9 Å². The SMILES string of the molecule is Cc1ccc(-c2ccc(-c3ccc(C)c(F)c3)s2)c(F)c1. The van der Waals surface area contributed by atoms with Crippen molar-refractivity contribution in [3.63, 3.8) is 0 Å². The molecule has 0 bridgehead atoms. The number of halogens is 2. The molecule has 3 heteroatoms. The minimum atomic E-state index is -0.224. The number of benzene rings is 2. The molecule has 1 heterocycles. The van der Waals surface area contributed by atoms with Gasteiger partial charge in [-0.15, -0.1) is 11.3 Å². The first-order chi connectivity index (χ1) is 10.0. The largest absolute Gasteiger partial charge is 0.207 e. The molecule has 3 rings (SSSR count). The number of hydrogen-bond donors (Lipinski definition) is 0. The molecule has 0 nitrogen and oxygen atoms in total. The molecular formula is C18H14F2S. The zero-order valence-corrected chi connectivity index (χ0v) is 12.6. The fourth-order valence-corrected chi connectivity index (χ4v) is 3.23. The van der Waals surface area contributed by atoms with Crippen LogP contribution in [0.5, 0.6) is 0 Å². The van der Waals surface area contributed by atoms with E-state index >= 15 is 0 Å². The van der Waals surface area contributed by atoms with Gasteiger partial charge in [-0.2, -0.15) is 0 Å². The molecule has 21 heavy (non-hydrogen) atoms. The summed E-state index contributed by atoms with van der Waals surface area (Å²) in [4.78, 5) is 1.78. The first-order valence-electron chi connectivity index (χ1n) is 6.67. The predicted octanol–water partition coefficient (Wildman–Crippen LogP) is 5.98. The Labute approximate surface area is 126 Å². The van der Waals surface area contributed by atoms with Crippen LogP contribution in [-0.2, 0) is 0 Å². The van der Waals surface area contributed by atoms with Gasteiger partial charge in [-0.3, -0.25) is 0 Å². The lowest BCUT2D eigenvalue weighted by Gasteiger charge is -2.02. The van der Waals surface area contributed by atoms with Gasteiger partial charge >= 0.3 is 0 Å². The number of aryl methyl sites for hydroxylation is 2. The highest BCUT2D eigenvalue weighted by atomic mass is 32.1. The minimum Gasteiger partial charge on any atom is -0.207 e. The maximum absolute atomic E-state index is 14.0. The van der Waals surface area contributed by atoms with Crippen molar-refractivity contribution in [3.8, 4) is 20.9 Å². The van der Waals surface area contributed by atoms with Crippen molar-refractivity contribution >= 4 is 11.3 Å². The summed E-state index contributed by atoms with van der Waals surface area (Å²) in [6, 6.07) is 14.2. The van der Waals surface area contributed by atoms with Gasteiger partial charge < -0.3 is 0 Å². The highest BCUT2D eigenvalue weighted by Crippen LogP contribution is 2.36. The van der Waals surface area contributed by atoms with Crippen LogP contribution in [0.3, 0.4) is 0 Å². The van der Waals surface area contributed by atoms with Crippen molar-refractivity contribution in [1.82, 2.24) is 0 Å². The number of hydrogen-bond acceptors (Lipinski definition) is 1. The second kappa shape index (κ2) is 5.41. The van der Waals surface area contributed by atoms with E-state index in [4.69, 9.17) is 0 Å². The smallest absolute Gasteiger partial charge is 0.132 e. The van der Waals surface area contributed by atoms with Crippen LogP contribution in [0.4, 0.5) is 8.78 Å². The van der Waals surface area contributed by atoms with Crippen molar-refractivity contribution in [1.29, 1.82) is 0 Å². The van der Waals surface area contributed by atoms with Gasteiger partial charge in [0.25, 0.3) is 0 Å². The molecule has 0 aliphatic heterocycles. The van der Waals surface area contributed by atoms with Gasteiger partial charge in [0, 0.05) is 15.3 Å². The molecule has 1 aromatic heterocycles. The molecular weight excluding hydrogens is 286 g/mol. The van der Waals surface area contributed by atoms with E-state index in [-0.39, 0.29) is 11.6 Å². The van der Waals surface area contributed by atoms with E-state index in [2.05, 4.69) is 0 Å². The van der Waals surface area contributed by atoms with Crippen LogP contribution in [-0.4, -0.2) is 0 Å². The molecule has 0 amide bonds. The molecule has 0 aliphatic rings.